The molecule has 2 rings (SSSR count). The molecule has 1 aromatic carbocycles. The van der Waals surface area contributed by atoms with Crippen LogP contribution < -0.4 is 0 Å². The number of ether oxygens (including phenoxy) is 1. The average molecular weight is 306 g/mol. The Morgan fingerprint density at radius 1 is 1.36 bits per heavy atom. The van der Waals surface area contributed by atoms with Gasteiger partial charge in [-0.15, -0.1) is 0 Å². The van der Waals surface area contributed by atoms with E-state index >= 15 is 0 Å². The number of likely N-dealkylation sites (tertiary alicyclic amines) is 1. The summed E-state index contributed by atoms with van der Waals surface area (Å²) in [5, 5.41) is 11.1. The molecule has 22 heavy (non-hydrogen) atoms. The highest BCUT2D eigenvalue weighted by atomic mass is 16.6. The molecule has 1 fully saturated rings. The van der Waals surface area contributed by atoms with Gasteiger partial charge in [-0.25, -0.2) is 0 Å². The first-order chi connectivity index (χ1) is 10.6. The van der Waals surface area contributed by atoms with Gasteiger partial charge in [-0.05, 0) is 31.7 Å². The van der Waals surface area contributed by atoms with Gasteiger partial charge in [0.25, 0.3) is 11.6 Å². The molecule has 0 unspecified atom stereocenters. The van der Waals surface area contributed by atoms with E-state index in [1.54, 1.807) is 17.0 Å². The van der Waals surface area contributed by atoms with Gasteiger partial charge in [-0.2, -0.15) is 0 Å². The number of carbonyl (C=O) groups excluding carboxylic acids is 1. The Labute approximate surface area is 130 Å². The molecule has 120 valence electrons. The number of para-hydroxylation sites is 1. The lowest BCUT2D eigenvalue weighted by atomic mass is 10.1. The molecule has 0 aliphatic carbocycles. The van der Waals surface area contributed by atoms with Gasteiger partial charge in [0.05, 0.1) is 11.0 Å². The molecule has 1 aromatic rings. The summed E-state index contributed by atoms with van der Waals surface area (Å²) in [6.07, 6.45) is 3.74. The summed E-state index contributed by atoms with van der Waals surface area (Å²) in [7, 11) is 0. The highest BCUT2D eigenvalue weighted by Gasteiger charge is 2.26. The molecule has 0 saturated carbocycles. The van der Waals surface area contributed by atoms with E-state index in [4.69, 9.17) is 4.74 Å². The molecule has 6 nitrogen and oxygen atoms in total. The van der Waals surface area contributed by atoms with Crippen LogP contribution in [-0.4, -0.2) is 41.5 Å². The maximum Gasteiger partial charge on any atom is 0.282 e. The van der Waals surface area contributed by atoms with Crippen LogP contribution in [0.25, 0.3) is 0 Å². The van der Waals surface area contributed by atoms with Gasteiger partial charge in [0.2, 0.25) is 0 Å². The topological polar surface area (TPSA) is 72.7 Å². The second-order valence-electron chi connectivity index (χ2n) is 5.49. The minimum Gasteiger partial charge on any atom is -0.378 e. The Morgan fingerprint density at radius 2 is 2.14 bits per heavy atom. The predicted octanol–water partition coefficient (Wildman–Crippen LogP) is 3.02. The SMILES string of the molecule is CCCO[C@@H]1CCCN(C(=O)c2ccccc2[N+](=O)[O-])CC1. The minimum absolute atomic E-state index is 0.129. The van der Waals surface area contributed by atoms with Crippen LogP contribution in [0.5, 0.6) is 0 Å². The number of rotatable bonds is 5. The summed E-state index contributed by atoms with van der Waals surface area (Å²) in [5.41, 5.74) is 0.0379. The van der Waals surface area contributed by atoms with Crippen molar-refractivity contribution in [3.05, 3.63) is 39.9 Å². The van der Waals surface area contributed by atoms with Crippen LogP contribution in [0.2, 0.25) is 0 Å². The van der Waals surface area contributed by atoms with Crippen molar-refractivity contribution in [2.75, 3.05) is 19.7 Å². The molecule has 0 spiro atoms. The van der Waals surface area contributed by atoms with Crippen LogP contribution in [0, 0.1) is 10.1 Å². The third-order valence-corrected chi connectivity index (χ3v) is 3.85. The maximum atomic E-state index is 12.6. The van der Waals surface area contributed by atoms with Crippen molar-refractivity contribution in [3.63, 3.8) is 0 Å². The van der Waals surface area contributed by atoms with Crippen molar-refractivity contribution >= 4 is 11.6 Å². The number of nitro benzene ring substituents is 1. The number of nitrogens with zero attached hydrogens (tertiary/aromatic N) is 2. The van der Waals surface area contributed by atoms with Crippen LogP contribution in [0.1, 0.15) is 43.0 Å². The lowest BCUT2D eigenvalue weighted by Gasteiger charge is -2.20. The van der Waals surface area contributed by atoms with Crippen LogP contribution in [0.15, 0.2) is 24.3 Å². The molecule has 0 aromatic heterocycles. The summed E-state index contributed by atoms with van der Waals surface area (Å²) in [5.74, 6) is -0.261. The molecule has 1 heterocycles. The zero-order chi connectivity index (χ0) is 15.9. The summed E-state index contributed by atoms with van der Waals surface area (Å²) in [6, 6.07) is 6.13. The van der Waals surface area contributed by atoms with Crippen molar-refractivity contribution in [1.82, 2.24) is 4.90 Å². The van der Waals surface area contributed by atoms with E-state index in [9.17, 15) is 14.9 Å². The fourth-order valence-corrected chi connectivity index (χ4v) is 2.70. The molecular weight excluding hydrogens is 284 g/mol. The lowest BCUT2D eigenvalue weighted by Crippen LogP contribution is -2.32. The summed E-state index contributed by atoms with van der Waals surface area (Å²) < 4.78 is 5.76. The Balaban J connectivity index is 2.06. The normalized spacial score (nSPS) is 18.8. The molecule has 0 radical (unpaired) electrons. The Kier molecular flexibility index (Phi) is 5.89. The predicted molar refractivity (Wildman–Crippen MR) is 82.9 cm³/mol. The molecule has 1 aliphatic rings. The van der Waals surface area contributed by atoms with Crippen molar-refractivity contribution in [3.8, 4) is 0 Å². The fourth-order valence-electron chi connectivity index (χ4n) is 2.70. The standard InChI is InChI=1S/C16H22N2O4/c1-2-12-22-13-6-5-10-17(11-9-13)16(19)14-7-3-4-8-15(14)18(20)21/h3-4,7-8,13H,2,5-6,9-12H2,1H3/t13-/m1/s1. The lowest BCUT2D eigenvalue weighted by molar-refractivity contribution is -0.385. The van der Waals surface area contributed by atoms with Gasteiger partial charge >= 0.3 is 0 Å². The van der Waals surface area contributed by atoms with Gasteiger partial charge in [0.1, 0.15) is 5.56 Å². The number of benzene rings is 1. The number of carbonyl (C=O) groups is 1. The fraction of sp³-hybridized carbons (Fsp3) is 0.562. The number of amides is 1. The van der Waals surface area contributed by atoms with Gasteiger partial charge < -0.3 is 9.64 Å². The Hall–Kier alpha value is -1.95. The maximum absolute atomic E-state index is 12.6. The first-order valence-corrected chi connectivity index (χ1v) is 7.77. The zero-order valence-electron chi connectivity index (χ0n) is 12.9. The minimum atomic E-state index is -0.502. The van der Waals surface area contributed by atoms with Crippen LogP contribution in [0.4, 0.5) is 5.69 Å². The molecular formula is C16H22N2O4. The smallest absolute Gasteiger partial charge is 0.282 e. The van der Waals surface area contributed by atoms with Crippen molar-refractivity contribution in [2.45, 2.75) is 38.7 Å². The Bertz CT molecular complexity index is 533. The second-order valence-corrected chi connectivity index (χ2v) is 5.49. The van der Waals surface area contributed by atoms with Gasteiger partial charge in [0, 0.05) is 25.8 Å². The molecule has 6 heteroatoms. The van der Waals surface area contributed by atoms with Gasteiger partial charge in [-0.1, -0.05) is 19.1 Å². The van der Waals surface area contributed by atoms with E-state index in [1.165, 1.54) is 12.1 Å². The third kappa shape index (κ3) is 4.04. The molecule has 1 atom stereocenters. The van der Waals surface area contributed by atoms with E-state index < -0.39 is 4.92 Å². The monoisotopic (exact) mass is 306 g/mol. The zero-order valence-corrected chi connectivity index (χ0v) is 12.9. The second kappa shape index (κ2) is 7.89. The number of hydrogen-bond acceptors (Lipinski definition) is 4. The molecule has 0 N–H and O–H groups in total. The van der Waals surface area contributed by atoms with Crippen molar-refractivity contribution in [1.29, 1.82) is 0 Å². The highest BCUT2D eigenvalue weighted by molar-refractivity contribution is 5.98. The number of nitro groups is 1. The van der Waals surface area contributed by atoms with Crippen LogP contribution in [0.3, 0.4) is 0 Å². The van der Waals surface area contributed by atoms with E-state index in [0.29, 0.717) is 13.1 Å². The van der Waals surface area contributed by atoms with Crippen LogP contribution >= 0.6 is 0 Å². The molecule has 1 saturated heterocycles. The summed E-state index contributed by atoms with van der Waals surface area (Å²) >= 11 is 0. The Morgan fingerprint density at radius 3 is 2.86 bits per heavy atom. The molecule has 1 amide bonds. The molecule has 0 bridgehead atoms. The van der Waals surface area contributed by atoms with E-state index in [0.717, 1.165) is 32.3 Å². The summed E-state index contributed by atoms with van der Waals surface area (Å²) in [6.45, 7) is 4.01. The highest BCUT2D eigenvalue weighted by Crippen LogP contribution is 2.22. The molecule has 1 aliphatic heterocycles. The largest absolute Gasteiger partial charge is 0.378 e. The average Bonchev–Trinajstić information content (AvgIpc) is 2.77. The first-order valence-electron chi connectivity index (χ1n) is 7.77. The third-order valence-electron chi connectivity index (χ3n) is 3.85. The van der Waals surface area contributed by atoms with E-state index in [2.05, 4.69) is 6.92 Å². The van der Waals surface area contributed by atoms with E-state index in [1.807, 2.05) is 0 Å². The van der Waals surface area contributed by atoms with Crippen molar-refractivity contribution < 1.29 is 14.5 Å². The number of hydrogen-bond donors (Lipinski definition) is 0. The van der Waals surface area contributed by atoms with Crippen LogP contribution in [-0.2, 0) is 4.74 Å². The van der Waals surface area contributed by atoms with Gasteiger partial charge in [-0.3, -0.25) is 14.9 Å². The quantitative estimate of drug-likeness (QED) is 0.619. The summed E-state index contributed by atoms with van der Waals surface area (Å²) in [4.78, 5) is 24.8. The van der Waals surface area contributed by atoms with Crippen molar-refractivity contribution in [2.24, 2.45) is 0 Å². The van der Waals surface area contributed by atoms with Gasteiger partial charge in [0.15, 0.2) is 0 Å². The van der Waals surface area contributed by atoms with E-state index in [-0.39, 0.29) is 23.3 Å². The first kappa shape index (κ1) is 16.4.